The molecule has 2 aromatic rings. The molecule has 0 aliphatic heterocycles. The van der Waals surface area contributed by atoms with Gasteiger partial charge in [0.25, 0.3) is 0 Å². The number of benzene rings is 2. The number of hydrogen-bond acceptors (Lipinski definition) is 3. The SMILES string of the molecule is O=C(CCOc1cccc(C(=O)O)c1)Nc1ccccc1. The van der Waals surface area contributed by atoms with Gasteiger partial charge in [-0.2, -0.15) is 0 Å². The number of amides is 1. The molecular formula is C16H15NO4. The highest BCUT2D eigenvalue weighted by Gasteiger charge is 2.05. The van der Waals surface area contributed by atoms with Gasteiger partial charge in [0.05, 0.1) is 18.6 Å². The Labute approximate surface area is 122 Å². The smallest absolute Gasteiger partial charge is 0.335 e. The van der Waals surface area contributed by atoms with E-state index in [2.05, 4.69) is 5.32 Å². The van der Waals surface area contributed by atoms with Gasteiger partial charge in [0.15, 0.2) is 0 Å². The number of carbonyl (C=O) groups excluding carboxylic acids is 1. The summed E-state index contributed by atoms with van der Waals surface area (Å²) in [4.78, 5) is 22.5. The average molecular weight is 285 g/mol. The lowest BCUT2D eigenvalue weighted by Gasteiger charge is -2.07. The first-order valence-electron chi connectivity index (χ1n) is 6.46. The van der Waals surface area contributed by atoms with E-state index in [1.807, 2.05) is 18.2 Å². The van der Waals surface area contributed by atoms with Gasteiger partial charge in [-0.05, 0) is 30.3 Å². The Morgan fingerprint density at radius 1 is 1.05 bits per heavy atom. The summed E-state index contributed by atoms with van der Waals surface area (Å²) in [6.45, 7) is 0.182. The van der Waals surface area contributed by atoms with E-state index in [1.165, 1.54) is 12.1 Å². The predicted octanol–water partition coefficient (Wildman–Crippen LogP) is 2.79. The van der Waals surface area contributed by atoms with Crippen LogP contribution in [-0.4, -0.2) is 23.6 Å². The van der Waals surface area contributed by atoms with Crippen molar-refractivity contribution in [1.82, 2.24) is 0 Å². The molecule has 2 rings (SSSR count). The molecule has 5 heteroatoms. The van der Waals surface area contributed by atoms with Crippen LogP contribution in [0, 0.1) is 0 Å². The first-order valence-corrected chi connectivity index (χ1v) is 6.46. The Bertz CT molecular complexity index is 625. The number of para-hydroxylation sites is 1. The average Bonchev–Trinajstić information content (AvgIpc) is 2.48. The highest BCUT2D eigenvalue weighted by atomic mass is 16.5. The number of rotatable bonds is 6. The summed E-state index contributed by atoms with van der Waals surface area (Å²) in [7, 11) is 0. The second kappa shape index (κ2) is 7.09. The molecule has 108 valence electrons. The van der Waals surface area contributed by atoms with Crippen LogP contribution in [0.3, 0.4) is 0 Å². The maximum atomic E-state index is 11.7. The van der Waals surface area contributed by atoms with Gasteiger partial charge in [-0.1, -0.05) is 24.3 Å². The third kappa shape index (κ3) is 4.65. The molecule has 0 atom stereocenters. The summed E-state index contributed by atoms with van der Waals surface area (Å²) in [5.41, 5.74) is 0.886. The van der Waals surface area contributed by atoms with Crippen LogP contribution in [0.4, 0.5) is 5.69 Å². The van der Waals surface area contributed by atoms with Crippen LogP contribution >= 0.6 is 0 Å². The summed E-state index contributed by atoms with van der Waals surface area (Å²) in [6.07, 6.45) is 0.187. The normalized spacial score (nSPS) is 9.90. The highest BCUT2D eigenvalue weighted by molar-refractivity contribution is 5.90. The predicted molar refractivity (Wildman–Crippen MR) is 78.6 cm³/mol. The van der Waals surface area contributed by atoms with Gasteiger partial charge < -0.3 is 15.2 Å². The van der Waals surface area contributed by atoms with E-state index >= 15 is 0 Å². The minimum atomic E-state index is -1.01. The van der Waals surface area contributed by atoms with Crippen molar-refractivity contribution in [2.24, 2.45) is 0 Å². The van der Waals surface area contributed by atoms with Crippen LogP contribution in [0.1, 0.15) is 16.8 Å². The first kappa shape index (κ1) is 14.6. The molecule has 0 saturated carbocycles. The minimum absolute atomic E-state index is 0.154. The molecule has 0 saturated heterocycles. The Hall–Kier alpha value is -2.82. The molecule has 0 aliphatic rings. The maximum Gasteiger partial charge on any atom is 0.335 e. The van der Waals surface area contributed by atoms with Gasteiger partial charge in [0.2, 0.25) is 5.91 Å². The topological polar surface area (TPSA) is 75.6 Å². The number of anilines is 1. The van der Waals surface area contributed by atoms with Crippen LogP contribution in [-0.2, 0) is 4.79 Å². The molecule has 21 heavy (non-hydrogen) atoms. The van der Waals surface area contributed by atoms with E-state index in [9.17, 15) is 9.59 Å². The number of aromatic carboxylic acids is 1. The summed E-state index contributed by atoms with van der Waals surface area (Å²) >= 11 is 0. The fourth-order valence-corrected chi connectivity index (χ4v) is 1.73. The van der Waals surface area contributed by atoms with Gasteiger partial charge in [-0.25, -0.2) is 4.79 Å². The van der Waals surface area contributed by atoms with E-state index < -0.39 is 5.97 Å². The van der Waals surface area contributed by atoms with E-state index in [1.54, 1.807) is 24.3 Å². The Morgan fingerprint density at radius 3 is 2.52 bits per heavy atom. The van der Waals surface area contributed by atoms with Crippen molar-refractivity contribution in [3.63, 3.8) is 0 Å². The lowest BCUT2D eigenvalue weighted by molar-refractivity contribution is -0.116. The molecule has 0 aliphatic carbocycles. The number of nitrogens with one attached hydrogen (secondary N) is 1. The van der Waals surface area contributed by atoms with E-state index in [-0.39, 0.29) is 24.5 Å². The van der Waals surface area contributed by atoms with Gasteiger partial charge >= 0.3 is 5.97 Å². The molecule has 2 aromatic carbocycles. The third-order valence-electron chi connectivity index (χ3n) is 2.74. The number of carboxylic acids is 1. The number of ether oxygens (including phenoxy) is 1. The molecule has 0 heterocycles. The summed E-state index contributed by atoms with van der Waals surface area (Å²) in [6, 6.07) is 15.3. The molecular weight excluding hydrogens is 270 g/mol. The van der Waals surface area contributed by atoms with Crippen molar-refractivity contribution in [2.75, 3.05) is 11.9 Å². The van der Waals surface area contributed by atoms with Gasteiger partial charge in [0.1, 0.15) is 5.75 Å². The standard InChI is InChI=1S/C16H15NO4/c18-15(17-13-6-2-1-3-7-13)9-10-21-14-8-4-5-12(11-14)16(19)20/h1-8,11H,9-10H2,(H,17,18)(H,19,20). The second-order valence-electron chi connectivity index (χ2n) is 4.35. The molecule has 0 radical (unpaired) electrons. The molecule has 0 unspecified atom stereocenters. The lowest BCUT2D eigenvalue weighted by atomic mass is 10.2. The van der Waals surface area contributed by atoms with E-state index in [0.717, 1.165) is 5.69 Å². The van der Waals surface area contributed by atoms with Crippen molar-refractivity contribution in [1.29, 1.82) is 0 Å². The minimum Gasteiger partial charge on any atom is -0.493 e. The van der Waals surface area contributed by atoms with Crippen molar-refractivity contribution < 1.29 is 19.4 Å². The van der Waals surface area contributed by atoms with E-state index in [4.69, 9.17) is 9.84 Å². The zero-order chi connectivity index (χ0) is 15.1. The highest BCUT2D eigenvalue weighted by Crippen LogP contribution is 2.13. The largest absolute Gasteiger partial charge is 0.493 e. The van der Waals surface area contributed by atoms with Crippen LogP contribution in [0.5, 0.6) is 5.75 Å². The zero-order valence-corrected chi connectivity index (χ0v) is 11.3. The van der Waals surface area contributed by atoms with Crippen LogP contribution in [0.2, 0.25) is 0 Å². The monoisotopic (exact) mass is 285 g/mol. The van der Waals surface area contributed by atoms with Crippen LogP contribution in [0.15, 0.2) is 54.6 Å². The van der Waals surface area contributed by atoms with Crippen molar-refractivity contribution in [3.05, 3.63) is 60.2 Å². The lowest BCUT2D eigenvalue weighted by Crippen LogP contribution is -2.15. The fraction of sp³-hybridized carbons (Fsp3) is 0.125. The second-order valence-corrected chi connectivity index (χ2v) is 4.35. The Morgan fingerprint density at radius 2 is 1.81 bits per heavy atom. The van der Waals surface area contributed by atoms with Crippen molar-refractivity contribution in [2.45, 2.75) is 6.42 Å². The fourth-order valence-electron chi connectivity index (χ4n) is 1.73. The van der Waals surface area contributed by atoms with Gasteiger partial charge in [-0.3, -0.25) is 4.79 Å². The molecule has 2 N–H and O–H groups in total. The van der Waals surface area contributed by atoms with Crippen molar-refractivity contribution >= 4 is 17.6 Å². The first-order chi connectivity index (χ1) is 10.1. The zero-order valence-electron chi connectivity index (χ0n) is 11.3. The quantitative estimate of drug-likeness (QED) is 0.855. The van der Waals surface area contributed by atoms with Crippen molar-refractivity contribution in [3.8, 4) is 5.75 Å². The van der Waals surface area contributed by atoms with Gasteiger partial charge in [-0.15, -0.1) is 0 Å². The molecule has 1 amide bonds. The van der Waals surface area contributed by atoms with Crippen LogP contribution < -0.4 is 10.1 Å². The van der Waals surface area contributed by atoms with Crippen LogP contribution in [0.25, 0.3) is 0 Å². The third-order valence-corrected chi connectivity index (χ3v) is 2.74. The molecule has 0 spiro atoms. The molecule has 0 aromatic heterocycles. The summed E-state index contributed by atoms with van der Waals surface area (Å²) in [5, 5.41) is 11.6. The maximum absolute atomic E-state index is 11.7. The summed E-state index contributed by atoms with van der Waals surface area (Å²) < 4.78 is 5.38. The van der Waals surface area contributed by atoms with E-state index in [0.29, 0.717) is 5.75 Å². The summed E-state index contributed by atoms with van der Waals surface area (Å²) in [5.74, 6) is -0.736. The Kier molecular flexibility index (Phi) is 4.93. The number of carboxylic acid groups (broad SMARTS) is 1. The number of carbonyl (C=O) groups is 2. The molecule has 5 nitrogen and oxygen atoms in total. The number of hydrogen-bond donors (Lipinski definition) is 2. The molecule has 0 bridgehead atoms. The Balaban J connectivity index is 1.80. The van der Waals surface area contributed by atoms with Gasteiger partial charge in [0, 0.05) is 5.69 Å². The molecule has 0 fully saturated rings.